The highest BCUT2D eigenvalue weighted by molar-refractivity contribution is 5.94. The fourth-order valence-electron chi connectivity index (χ4n) is 1.63. The Hall–Kier alpha value is -1.49. The average molecular weight is 224 g/mol. The van der Waals surface area contributed by atoms with E-state index in [-0.39, 0.29) is 11.9 Å². The fraction of sp³-hybridized carbons (Fsp3) is 0.455. The van der Waals surface area contributed by atoms with Gasteiger partial charge in [-0.05, 0) is 25.0 Å². The topological polar surface area (TPSA) is 51.2 Å². The SMILES string of the molecule is O=C(NC1CCCOC1)c1ccc(F)nc1. The lowest BCUT2D eigenvalue weighted by molar-refractivity contribution is 0.0624. The molecule has 2 heterocycles. The first-order valence-electron chi connectivity index (χ1n) is 5.26. The monoisotopic (exact) mass is 224 g/mol. The Morgan fingerprint density at radius 1 is 1.56 bits per heavy atom. The normalized spacial score (nSPS) is 20.4. The fourth-order valence-corrected chi connectivity index (χ4v) is 1.63. The predicted molar refractivity (Wildman–Crippen MR) is 55.5 cm³/mol. The number of pyridine rings is 1. The van der Waals surface area contributed by atoms with Crippen molar-refractivity contribution >= 4 is 5.91 Å². The lowest BCUT2D eigenvalue weighted by atomic mass is 10.1. The molecule has 1 aromatic rings. The number of hydrogen-bond donors (Lipinski definition) is 1. The second-order valence-corrected chi connectivity index (χ2v) is 3.76. The molecule has 1 N–H and O–H groups in total. The molecule has 0 aromatic carbocycles. The summed E-state index contributed by atoms with van der Waals surface area (Å²) in [7, 11) is 0. The summed E-state index contributed by atoms with van der Waals surface area (Å²) in [6.07, 6.45) is 3.10. The lowest BCUT2D eigenvalue weighted by Gasteiger charge is -2.22. The van der Waals surface area contributed by atoms with Gasteiger partial charge in [0.05, 0.1) is 18.2 Å². The van der Waals surface area contributed by atoms with E-state index in [0.717, 1.165) is 19.4 Å². The first-order chi connectivity index (χ1) is 7.75. The maximum absolute atomic E-state index is 12.5. The highest BCUT2D eigenvalue weighted by Crippen LogP contribution is 2.07. The van der Waals surface area contributed by atoms with Crippen LogP contribution in [0.5, 0.6) is 0 Å². The van der Waals surface area contributed by atoms with Crippen LogP contribution < -0.4 is 5.32 Å². The zero-order chi connectivity index (χ0) is 11.4. The lowest BCUT2D eigenvalue weighted by Crippen LogP contribution is -2.40. The average Bonchev–Trinajstić information content (AvgIpc) is 2.31. The highest BCUT2D eigenvalue weighted by atomic mass is 19.1. The van der Waals surface area contributed by atoms with Crippen molar-refractivity contribution in [3.8, 4) is 0 Å². The molecule has 1 aromatic heterocycles. The minimum atomic E-state index is -0.586. The number of nitrogens with zero attached hydrogens (tertiary/aromatic N) is 1. The summed E-state index contributed by atoms with van der Waals surface area (Å²) >= 11 is 0. The number of halogens is 1. The van der Waals surface area contributed by atoms with Crippen molar-refractivity contribution < 1.29 is 13.9 Å². The molecule has 1 atom stereocenters. The van der Waals surface area contributed by atoms with Gasteiger partial charge in [-0.15, -0.1) is 0 Å². The van der Waals surface area contributed by atoms with Gasteiger partial charge in [-0.25, -0.2) is 4.98 Å². The third-order valence-corrected chi connectivity index (χ3v) is 2.49. The number of aromatic nitrogens is 1. The van der Waals surface area contributed by atoms with E-state index in [1.807, 2.05) is 0 Å². The van der Waals surface area contributed by atoms with E-state index in [1.165, 1.54) is 18.3 Å². The summed E-state index contributed by atoms with van der Waals surface area (Å²) in [5.74, 6) is -0.819. The van der Waals surface area contributed by atoms with Crippen LogP contribution in [0.15, 0.2) is 18.3 Å². The van der Waals surface area contributed by atoms with Crippen LogP contribution in [0.25, 0.3) is 0 Å². The molecule has 2 rings (SSSR count). The Balaban J connectivity index is 1.94. The molecule has 0 aliphatic carbocycles. The van der Waals surface area contributed by atoms with Gasteiger partial charge in [0.1, 0.15) is 0 Å². The van der Waals surface area contributed by atoms with E-state index in [4.69, 9.17) is 4.74 Å². The van der Waals surface area contributed by atoms with Crippen LogP contribution in [0, 0.1) is 5.95 Å². The van der Waals surface area contributed by atoms with Gasteiger partial charge in [0.15, 0.2) is 0 Å². The minimum absolute atomic E-state index is 0.0475. The highest BCUT2D eigenvalue weighted by Gasteiger charge is 2.17. The van der Waals surface area contributed by atoms with Crippen LogP contribution in [-0.4, -0.2) is 30.1 Å². The number of nitrogens with one attached hydrogen (secondary N) is 1. The quantitative estimate of drug-likeness (QED) is 0.766. The molecular weight excluding hydrogens is 211 g/mol. The Bertz CT molecular complexity index is 361. The predicted octanol–water partition coefficient (Wildman–Crippen LogP) is 1.13. The molecule has 5 heteroatoms. The van der Waals surface area contributed by atoms with Crippen LogP contribution >= 0.6 is 0 Å². The molecule has 0 saturated carbocycles. The Morgan fingerprint density at radius 2 is 2.44 bits per heavy atom. The van der Waals surface area contributed by atoms with Crippen molar-refractivity contribution in [1.29, 1.82) is 0 Å². The Labute approximate surface area is 92.8 Å². The molecule has 86 valence electrons. The van der Waals surface area contributed by atoms with Crippen LogP contribution in [0.3, 0.4) is 0 Å². The summed E-state index contributed by atoms with van der Waals surface area (Å²) in [6.45, 7) is 1.30. The maximum atomic E-state index is 12.5. The van der Waals surface area contributed by atoms with Gasteiger partial charge in [-0.2, -0.15) is 4.39 Å². The van der Waals surface area contributed by atoms with E-state index in [0.29, 0.717) is 12.2 Å². The van der Waals surface area contributed by atoms with Crippen LogP contribution in [-0.2, 0) is 4.74 Å². The van der Waals surface area contributed by atoms with Crippen LogP contribution in [0.2, 0.25) is 0 Å². The van der Waals surface area contributed by atoms with Crippen molar-refractivity contribution in [2.24, 2.45) is 0 Å². The van der Waals surface area contributed by atoms with Gasteiger partial charge in [-0.3, -0.25) is 4.79 Å². The molecule has 1 aliphatic heterocycles. The number of carbonyl (C=O) groups is 1. The van der Waals surface area contributed by atoms with Gasteiger partial charge in [0.2, 0.25) is 5.95 Å². The largest absolute Gasteiger partial charge is 0.379 e. The maximum Gasteiger partial charge on any atom is 0.253 e. The van der Waals surface area contributed by atoms with Gasteiger partial charge in [0, 0.05) is 12.8 Å². The van der Waals surface area contributed by atoms with Crippen LogP contribution in [0.1, 0.15) is 23.2 Å². The molecule has 16 heavy (non-hydrogen) atoms. The van der Waals surface area contributed by atoms with Crippen molar-refractivity contribution in [1.82, 2.24) is 10.3 Å². The first kappa shape index (κ1) is 11.0. The van der Waals surface area contributed by atoms with Crippen molar-refractivity contribution in [3.63, 3.8) is 0 Å². The molecule has 4 nitrogen and oxygen atoms in total. The van der Waals surface area contributed by atoms with Gasteiger partial charge in [0.25, 0.3) is 5.91 Å². The summed E-state index contributed by atoms with van der Waals surface area (Å²) in [6, 6.07) is 2.64. The molecule has 0 spiro atoms. The third kappa shape index (κ3) is 2.76. The number of hydrogen-bond acceptors (Lipinski definition) is 3. The molecule has 1 fully saturated rings. The number of carbonyl (C=O) groups excluding carboxylic acids is 1. The molecule has 0 bridgehead atoms. The van der Waals surface area contributed by atoms with Crippen LogP contribution in [0.4, 0.5) is 4.39 Å². The molecule has 1 amide bonds. The molecule has 0 radical (unpaired) electrons. The van der Waals surface area contributed by atoms with Crippen molar-refractivity contribution in [2.45, 2.75) is 18.9 Å². The molecule has 1 aliphatic rings. The second kappa shape index (κ2) is 5.03. The van der Waals surface area contributed by atoms with E-state index in [9.17, 15) is 9.18 Å². The van der Waals surface area contributed by atoms with E-state index >= 15 is 0 Å². The smallest absolute Gasteiger partial charge is 0.253 e. The standard InChI is InChI=1S/C11H13FN2O2/c12-10-4-3-8(6-13-10)11(15)14-9-2-1-5-16-7-9/h3-4,6,9H,1-2,5,7H2,(H,14,15). The zero-order valence-corrected chi connectivity index (χ0v) is 8.78. The summed E-state index contributed by atoms with van der Waals surface area (Å²) < 4.78 is 17.8. The summed E-state index contributed by atoms with van der Waals surface area (Å²) in [5, 5.41) is 2.83. The summed E-state index contributed by atoms with van der Waals surface area (Å²) in [4.78, 5) is 15.1. The number of amides is 1. The second-order valence-electron chi connectivity index (χ2n) is 3.76. The van der Waals surface area contributed by atoms with Gasteiger partial charge in [-0.1, -0.05) is 0 Å². The van der Waals surface area contributed by atoms with Crippen molar-refractivity contribution in [3.05, 3.63) is 29.8 Å². The van der Waals surface area contributed by atoms with E-state index in [1.54, 1.807) is 0 Å². The van der Waals surface area contributed by atoms with E-state index < -0.39 is 5.95 Å². The first-order valence-corrected chi connectivity index (χ1v) is 5.26. The Kier molecular flexibility index (Phi) is 3.46. The molecular formula is C11H13FN2O2. The Morgan fingerprint density at radius 3 is 3.06 bits per heavy atom. The molecule has 1 unspecified atom stereocenters. The summed E-state index contributed by atoms with van der Waals surface area (Å²) in [5.41, 5.74) is 0.368. The van der Waals surface area contributed by atoms with Gasteiger partial charge < -0.3 is 10.1 Å². The van der Waals surface area contributed by atoms with E-state index in [2.05, 4.69) is 10.3 Å². The number of ether oxygens (including phenoxy) is 1. The zero-order valence-electron chi connectivity index (χ0n) is 8.78. The molecule has 1 saturated heterocycles. The third-order valence-electron chi connectivity index (χ3n) is 2.49. The minimum Gasteiger partial charge on any atom is -0.379 e. The van der Waals surface area contributed by atoms with Crippen molar-refractivity contribution in [2.75, 3.05) is 13.2 Å². The van der Waals surface area contributed by atoms with Gasteiger partial charge >= 0.3 is 0 Å². The number of rotatable bonds is 2.